The van der Waals surface area contributed by atoms with Gasteiger partial charge in [0.05, 0.1) is 12.3 Å². The fourth-order valence-electron chi connectivity index (χ4n) is 1.05. The standard InChI is InChI=1S/C12H10F3NO2/c1-2-18-11(17)10(12(13,14)15)8-16-9-6-4-3-5-7-9/h3-7H,2H2,1H3. The third-order valence-electron chi connectivity index (χ3n) is 1.82. The maximum absolute atomic E-state index is 12.5. The maximum Gasteiger partial charge on any atom is 0.432 e. The summed E-state index contributed by atoms with van der Waals surface area (Å²) in [5.74, 6) is 0.221. The molecule has 0 amide bonds. The van der Waals surface area contributed by atoms with Crippen molar-refractivity contribution in [1.29, 1.82) is 0 Å². The molecular formula is C12H10F3NO2. The Morgan fingerprint density at radius 1 is 1.33 bits per heavy atom. The van der Waals surface area contributed by atoms with E-state index in [0.29, 0.717) is 0 Å². The molecule has 0 bridgehead atoms. The fourth-order valence-corrected chi connectivity index (χ4v) is 1.05. The highest BCUT2D eigenvalue weighted by Gasteiger charge is 2.40. The lowest BCUT2D eigenvalue weighted by atomic mass is 10.3. The Morgan fingerprint density at radius 2 is 1.94 bits per heavy atom. The Labute approximate surface area is 102 Å². The highest BCUT2D eigenvalue weighted by molar-refractivity contribution is 5.99. The summed E-state index contributed by atoms with van der Waals surface area (Å²) in [4.78, 5) is 14.6. The van der Waals surface area contributed by atoms with Crippen molar-refractivity contribution in [1.82, 2.24) is 0 Å². The van der Waals surface area contributed by atoms with Gasteiger partial charge in [-0.25, -0.2) is 9.79 Å². The fraction of sp³-hybridized carbons (Fsp3) is 0.250. The van der Waals surface area contributed by atoms with E-state index in [1.807, 2.05) is 0 Å². The number of benzene rings is 1. The zero-order valence-corrected chi connectivity index (χ0v) is 9.49. The Balaban J connectivity index is 3.11. The molecule has 0 saturated heterocycles. The summed E-state index contributed by atoms with van der Waals surface area (Å²) < 4.78 is 41.9. The lowest BCUT2D eigenvalue weighted by molar-refractivity contribution is -0.149. The molecule has 0 aliphatic rings. The van der Waals surface area contributed by atoms with Crippen molar-refractivity contribution in [2.45, 2.75) is 13.1 Å². The average Bonchev–Trinajstić information content (AvgIpc) is 2.29. The van der Waals surface area contributed by atoms with E-state index in [9.17, 15) is 18.0 Å². The molecule has 0 radical (unpaired) electrons. The number of aliphatic imine (C=N–C) groups is 1. The van der Waals surface area contributed by atoms with Gasteiger partial charge >= 0.3 is 12.1 Å². The van der Waals surface area contributed by atoms with Crippen molar-refractivity contribution in [3.05, 3.63) is 35.9 Å². The van der Waals surface area contributed by atoms with Crippen LogP contribution in [0.2, 0.25) is 0 Å². The highest BCUT2D eigenvalue weighted by Crippen LogP contribution is 2.24. The predicted octanol–water partition coefficient (Wildman–Crippen LogP) is 3.04. The Hall–Kier alpha value is -2.07. The van der Waals surface area contributed by atoms with E-state index in [0.717, 1.165) is 0 Å². The first-order valence-electron chi connectivity index (χ1n) is 5.08. The molecule has 1 rings (SSSR count). The van der Waals surface area contributed by atoms with Gasteiger partial charge < -0.3 is 4.74 Å². The zero-order chi connectivity index (χ0) is 13.6. The van der Waals surface area contributed by atoms with Gasteiger partial charge in [-0.05, 0) is 19.1 Å². The van der Waals surface area contributed by atoms with Crippen molar-refractivity contribution >= 4 is 17.5 Å². The van der Waals surface area contributed by atoms with Gasteiger partial charge in [0.15, 0.2) is 0 Å². The number of ether oxygens (including phenoxy) is 1. The number of esters is 1. The summed E-state index contributed by atoms with van der Waals surface area (Å²) in [5.41, 5.74) is -1.28. The summed E-state index contributed by atoms with van der Waals surface area (Å²) in [6, 6.07) is 7.90. The molecular weight excluding hydrogens is 247 g/mol. The molecule has 0 aliphatic carbocycles. The molecule has 0 saturated carbocycles. The average molecular weight is 257 g/mol. The number of hydrogen-bond donors (Lipinski definition) is 0. The number of rotatable bonds is 3. The van der Waals surface area contributed by atoms with E-state index in [-0.39, 0.29) is 12.3 Å². The first-order chi connectivity index (χ1) is 8.45. The van der Waals surface area contributed by atoms with Crippen LogP contribution in [0.25, 0.3) is 0 Å². The van der Waals surface area contributed by atoms with E-state index in [2.05, 4.69) is 9.73 Å². The van der Waals surface area contributed by atoms with Crippen LogP contribution in [-0.2, 0) is 9.53 Å². The number of hydrogen-bond acceptors (Lipinski definition) is 3. The van der Waals surface area contributed by atoms with Gasteiger partial charge in [0.25, 0.3) is 0 Å². The van der Waals surface area contributed by atoms with Gasteiger partial charge in [-0.15, -0.1) is 0 Å². The molecule has 0 atom stereocenters. The monoisotopic (exact) mass is 257 g/mol. The second kappa shape index (κ2) is 6.02. The lowest BCUT2D eigenvalue weighted by Crippen LogP contribution is -2.22. The zero-order valence-electron chi connectivity index (χ0n) is 9.49. The van der Waals surface area contributed by atoms with Crippen LogP contribution in [0.15, 0.2) is 40.9 Å². The van der Waals surface area contributed by atoms with Gasteiger partial charge in [0.1, 0.15) is 0 Å². The summed E-state index contributed by atoms with van der Waals surface area (Å²) >= 11 is 0. The first-order valence-corrected chi connectivity index (χ1v) is 5.08. The molecule has 1 aromatic carbocycles. The minimum absolute atomic E-state index is 0.147. The molecule has 0 unspecified atom stereocenters. The number of carbonyl (C=O) groups is 1. The number of halogens is 3. The predicted molar refractivity (Wildman–Crippen MR) is 59.7 cm³/mol. The van der Waals surface area contributed by atoms with Gasteiger partial charge in [0, 0.05) is 5.87 Å². The van der Waals surface area contributed by atoms with E-state index >= 15 is 0 Å². The molecule has 96 valence electrons. The third kappa shape index (κ3) is 4.07. The van der Waals surface area contributed by atoms with E-state index in [4.69, 9.17) is 0 Å². The van der Waals surface area contributed by atoms with Gasteiger partial charge in [-0.3, -0.25) is 0 Å². The van der Waals surface area contributed by atoms with E-state index in [1.54, 1.807) is 24.1 Å². The van der Waals surface area contributed by atoms with Crippen molar-refractivity contribution in [2.24, 2.45) is 4.99 Å². The number of para-hydroxylation sites is 1. The topological polar surface area (TPSA) is 38.7 Å². The minimum atomic E-state index is -4.84. The first kappa shape index (κ1) is 14.0. The maximum atomic E-state index is 12.5. The molecule has 1 aromatic rings. The second-order valence-corrected chi connectivity index (χ2v) is 3.15. The van der Waals surface area contributed by atoms with Gasteiger partial charge in [0.2, 0.25) is 5.57 Å². The molecule has 6 heteroatoms. The quantitative estimate of drug-likeness (QED) is 0.474. The summed E-state index contributed by atoms with van der Waals surface area (Å²) in [6.45, 7) is 1.27. The van der Waals surface area contributed by atoms with Crippen LogP contribution in [0.5, 0.6) is 0 Å². The van der Waals surface area contributed by atoms with Crippen LogP contribution in [0.1, 0.15) is 6.92 Å². The van der Waals surface area contributed by atoms with Crippen molar-refractivity contribution < 1.29 is 22.7 Å². The second-order valence-electron chi connectivity index (χ2n) is 3.15. The van der Waals surface area contributed by atoms with E-state index in [1.165, 1.54) is 19.1 Å². The summed E-state index contributed by atoms with van der Waals surface area (Å²) in [5, 5.41) is 0. The summed E-state index contributed by atoms with van der Waals surface area (Å²) in [6.07, 6.45) is -4.84. The molecule has 0 aromatic heterocycles. The van der Waals surface area contributed by atoms with Crippen molar-refractivity contribution in [3.8, 4) is 0 Å². The van der Waals surface area contributed by atoms with Crippen LogP contribution in [0.3, 0.4) is 0 Å². The Bertz CT molecular complexity index is 474. The highest BCUT2D eigenvalue weighted by atomic mass is 19.4. The van der Waals surface area contributed by atoms with Crippen LogP contribution >= 0.6 is 0 Å². The minimum Gasteiger partial charge on any atom is -0.462 e. The molecule has 3 nitrogen and oxygen atoms in total. The van der Waals surface area contributed by atoms with Gasteiger partial charge in [-0.2, -0.15) is 13.2 Å². The van der Waals surface area contributed by atoms with Crippen LogP contribution in [-0.4, -0.2) is 24.6 Å². The normalized spacial score (nSPS) is 10.4. The van der Waals surface area contributed by atoms with Crippen LogP contribution in [0, 0.1) is 0 Å². The molecule has 18 heavy (non-hydrogen) atoms. The summed E-state index contributed by atoms with van der Waals surface area (Å²) in [7, 11) is 0. The molecule has 0 heterocycles. The lowest BCUT2D eigenvalue weighted by Gasteiger charge is -2.06. The number of alkyl halides is 3. The molecule has 0 fully saturated rings. The van der Waals surface area contributed by atoms with E-state index < -0.39 is 17.7 Å². The van der Waals surface area contributed by atoms with Gasteiger partial charge in [-0.1, -0.05) is 18.2 Å². The largest absolute Gasteiger partial charge is 0.462 e. The third-order valence-corrected chi connectivity index (χ3v) is 1.82. The Morgan fingerprint density at radius 3 is 2.44 bits per heavy atom. The number of carbonyl (C=O) groups excluding carboxylic acids is 1. The van der Waals surface area contributed by atoms with Crippen molar-refractivity contribution in [3.63, 3.8) is 0 Å². The number of nitrogens with zero attached hydrogens (tertiary/aromatic N) is 1. The van der Waals surface area contributed by atoms with Crippen molar-refractivity contribution in [2.75, 3.05) is 6.61 Å². The molecule has 0 spiro atoms. The van der Waals surface area contributed by atoms with Crippen LogP contribution in [0.4, 0.5) is 18.9 Å². The Kier molecular flexibility index (Phi) is 4.68. The molecule has 0 N–H and O–H groups in total. The smallest absolute Gasteiger partial charge is 0.432 e. The van der Waals surface area contributed by atoms with Crippen LogP contribution < -0.4 is 0 Å². The molecule has 0 aliphatic heterocycles. The SMILES string of the molecule is CCOC(=O)C(=C=Nc1ccccc1)C(F)(F)F.